The number of methoxy groups -OCH3 is 1. The quantitative estimate of drug-likeness (QED) is 0.665. The Kier molecular flexibility index (Phi) is 4.72. The molecule has 0 aliphatic carbocycles. The number of carbonyl (C=O) groups is 1. The molecule has 25 heavy (non-hydrogen) atoms. The molecule has 0 atom stereocenters. The molecule has 0 unspecified atom stereocenters. The van der Waals surface area contributed by atoms with Crippen molar-refractivity contribution in [2.75, 3.05) is 12.4 Å². The average Bonchev–Trinajstić information content (AvgIpc) is 3.00. The van der Waals surface area contributed by atoms with Gasteiger partial charge in [-0.15, -0.1) is 0 Å². The van der Waals surface area contributed by atoms with Gasteiger partial charge in [-0.05, 0) is 42.8 Å². The van der Waals surface area contributed by atoms with Crippen LogP contribution in [0.4, 0.5) is 16.0 Å². The van der Waals surface area contributed by atoms with Gasteiger partial charge in [0, 0.05) is 16.3 Å². The first-order valence-corrected chi connectivity index (χ1v) is 7.74. The molecule has 3 aromatic rings. The Morgan fingerprint density at radius 2 is 2.08 bits per heavy atom. The largest absolute Gasteiger partial charge is 0.465 e. The fourth-order valence-electron chi connectivity index (χ4n) is 2.39. The Labute approximate surface area is 148 Å². The van der Waals surface area contributed by atoms with Crippen molar-refractivity contribution in [1.82, 2.24) is 5.16 Å². The third-order valence-electron chi connectivity index (χ3n) is 3.62. The fourth-order valence-corrected chi connectivity index (χ4v) is 2.58. The van der Waals surface area contributed by atoms with Crippen LogP contribution in [-0.4, -0.2) is 18.2 Å². The SMILES string of the molecule is COC(=O)c1c(-c2cccc(Cl)c2)noc1Nc1ccc(F)cc1C. The highest BCUT2D eigenvalue weighted by atomic mass is 35.5. The Morgan fingerprint density at radius 1 is 1.28 bits per heavy atom. The van der Waals surface area contributed by atoms with E-state index in [1.54, 1.807) is 37.3 Å². The molecule has 0 saturated carbocycles. The van der Waals surface area contributed by atoms with Gasteiger partial charge in [-0.2, -0.15) is 0 Å². The normalized spacial score (nSPS) is 10.6. The lowest BCUT2D eigenvalue weighted by molar-refractivity contribution is 0.0602. The number of anilines is 2. The van der Waals surface area contributed by atoms with E-state index in [2.05, 4.69) is 10.5 Å². The van der Waals surface area contributed by atoms with Gasteiger partial charge in [0.15, 0.2) is 5.56 Å². The second-order valence-corrected chi connectivity index (χ2v) is 5.76. The third-order valence-corrected chi connectivity index (χ3v) is 3.85. The van der Waals surface area contributed by atoms with Gasteiger partial charge in [0.25, 0.3) is 0 Å². The average molecular weight is 361 g/mol. The van der Waals surface area contributed by atoms with Crippen LogP contribution in [0.1, 0.15) is 15.9 Å². The molecule has 0 aliphatic heterocycles. The van der Waals surface area contributed by atoms with Gasteiger partial charge in [0.2, 0.25) is 5.88 Å². The molecule has 0 saturated heterocycles. The summed E-state index contributed by atoms with van der Waals surface area (Å²) in [5.74, 6) is -0.858. The van der Waals surface area contributed by atoms with Gasteiger partial charge in [0.05, 0.1) is 7.11 Å². The maximum atomic E-state index is 13.3. The van der Waals surface area contributed by atoms with E-state index in [1.165, 1.54) is 19.2 Å². The van der Waals surface area contributed by atoms with E-state index in [0.717, 1.165) is 0 Å². The Bertz CT molecular complexity index is 940. The van der Waals surface area contributed by atoms with Crippen LogP contribution in [0.25, 0.3) is 11.3 Å². The van der Waals surface area contributed by atoms with Crippen molar-refractivity contribution < 1.29 is 18.4 Å². The van der Waals surface area contributed by atoms with Crippen molar-refractivity contribution in [3.8, 4) is 11.3 Å². The number of halogens is 2. The molecule has 0 amide bonds. The van der Waals surface area contributed by atoms with E-state index in [9.17, 15) is 9.18 Å². The zero-order chi connectivity index (χ0) is 18.0. The van der Waals surface area contributed by atoms with E-state index in [1.807, 2.05) is 0 Å². The van der Waals surface area contributed by atoms with Crippen molar-refractivity contribution in [2.24, 2.45) is 0 Å². The second-order valence-electron chi connectivity index (χ2n) is 5.32. The lowest BCUT2D eigenvalue weighted by Crippen LogP contribution is -2.05. The molecule has 0 aliphatic rings. The second kappa shape index (κ2) is 6.94. The van der Waals surface area contributed by atoms with Gasteiger partial charge < -0.3 is 14.6 Å². The summed E-state index contributed by atoms with van der Waals surface area (Å²) < 4.78 is 23.4. The number of hydrogen-bond acceptors (Lipinski definition) is 5. The first kappa shape index (κ1) is 17.0. The summed E-state index contributed by atoms with van der Waals surface area (Å²) in [4.78, 5) is 12.2. The van der Waals surface area contributed by atoms with Crippen LogP contribution in [0.2, 0.25) is 5.02 Å². The maximum Gasteiger partial charge on any atom is 0.345 e. The zero-order valence-corrected chi connectivity index (χ0v) is 14.2. The van der Waals surface area contributed by atoms with E-state index < -0.39 is 5.97 Å². The van der Waals surface area contributed by atoms with Crippen LogP contribution < -0.4 is 5.32 Å². The molecule has 1 aromatic heterocycles. The number of benzene rings is 2. The Hall–Kier alpha value is -2.86. The zero-order valence-electron chi connectivity index (χ0n) is 13.5. The van der Waals surface area contributed by atoms with Gasteiger partial charge >= 0.3 is 5.97 Å². The van der Waals surface area contributed by atoms with Crippen LogP contribution in [0.3, 0.4) is 0 Å². The molecule has 3 rings (SSSR count). The third kappa shape index (κ3) is 3.49. The fraction of sp³-hybridized carbons (Fsp3) is 0.111. The molecule has 1 N–H and O–H groups in total. The predicted molar refractivity (Wildman–Crippen MR) is 92.7 cm³/mol. The molecule has 0 fully saturated rings. The predicted octanol–water partition coefficient (Wildman–Crippen LogP) is 4.97. The monoisotopic (exact) mass is 360 g/mol. The first-order chi connectivity index (χ1) is 12.0. The summed E-state index contributed by atoms with van der Waals surface area (Å²) in [5, 5.41) is 7.43. The Balaban J connectivity index is 2.07. The summed E-state index contributed by atoms with van der Waals surface area (Å²) in [6.07, 6.45) is 0. The molecule has 0 radical (unpaired) electrons. The number of nitrogens with zero attached hydrogens (tertiary/aromatic N) is 1. The number of carbonyl (C=O) groups excluding carboxylic acids is 1. The van der Waals surface area contributed by atoms with Gasteiger partial charge in [0.1, 0.15) is 11.5 Å². The minimum atomic E-state index is -0.613. The minimum Gasteiger partial charge on any atom is -0.465 e. The van der Waals surface area contributed by atoms with Crippen molar-refractivity contribution in [3.63, 3.8) is 0 Å². The number of aromatic nitrogens is 1. The number of rotatable bonds is 4. The number of hydrogen-bond donors (Lipinski definition) is 1. The molecule has 128 valence electrons. The molecule has 1 heterocycles. The molecule has 7 heteroatoms. The molecule has 5 nitrogen and oxygen atoms in total. The highest BCUT2D eigenvalue weighted by Crippen LogP contribution is 2.33. The molecular formula is C18H14ClFN2O3. The van der Waals surface area contributed by atoms with Crippen molar-refractivity contribution in [3.05, 3.63) is 64.4 Å². The van der Waals surface area contributed by atoms with Crippen molar-refractivity contribution >= 4 is 29.1 Å². The summed E-state index contributed by atoms with van der Waals surface area (Å²) in [5.41, 5.74) is 2.28. The lowest BCUT2D eigenvalue weighted by Gasteiger charge is -2.08. The van der Waals surface area contributed by atoms with Crippen LogP contribution >= 0.6 is 11.6 Å². The number of esters is 1. The van der Waals surface area contributed by atoms with Gasteiger partial charge in [-0.25, -0.2) is 9.18 Å². The van der Waals surface area contributed by atoms with E-state index in [0.29, 0.717) is 27.5 Å². The van der Waals surface area contributed by atoms with Crippen LogP contribution in [0.15, 0.2) is 47.0 Å². The highest BCUT2D eigenvalue weighted by molar-refractivity contribution is 6.30. The summed E-state index contributed by atoms with van der Waals surface area (Å²) in [6, 6.07) is 11.1. The standard InChI is InChI=1S/C18H14ClFN2O3/c1-10-8-13(20)6-7-14(10)21-17-15(18(23)24-2)16(22-25-17)11-4-3-5-12(19)9-11/h3-9,21H,1-2H3. The maximum absolute atomic E-state index is 13.3. The molecular weight excluding hydrogens is 347 g/mol. The summed E-state index contributed by atoms with van der Waals surface area (Å²) in [6.45, 7) is 1.73. The van der Waals surface area contributed by atoms with E-state index in [-0.39, 0.29) is 17.3 Å². The minimum absolute atomic E-state index is 0.108. The number of aryl methyl sites for hydroxylation is 1. The molecule has 0 spiro atoms. The van der Waals surface area contributed by atoms with E-state index in [4.69, 9.17) is 20.9 Å². The lowest BCUT2D eigenvalue weighted by atomic mass is 10.1. The Morgan fingerprint density at radius 3 is 2.76 bits per heavy atom. The van der Waals surface area contributed by atoms with Crippen LogP contribution in [0.5, 0.6) is 0 Å². The van der Waals surface area contributed by atoms with Gasteiger partial charge in [-0.1, -0.05) is 28.9 Å². The topological polar surface area (TPSA) is 64.4 Å². The van der Waals surface area contributed by atoms with Gasteiger partial charge in [-0.3, -0.25) is 0 Å². The van der Waals surface area contributed by atoms with Crippen LogP contribution in [-0.2, 0) is 4.74 Å². The number of nitrogens with one attached hydrogen (secondary N) is 1. The summed E-state index contributed by atoms with van der Waals surface area (Å²) in [7, 11) is 1.27. The van der Waals surface area contributed by atoms with Crippen molar-refractivity contribution in [1.29, 1.82) is 0 Å². The smallest absolute Gasteiger partial charge is 0.345 e. The first-order valence-electron chi connectivity index (χ1n) is 7.36. The molecule has 0 bridgehead atoms. The summed E-state index contributed by atoms with van der Waals surface area (Å²) >= 11 is 6.01. The van der Waals surface area contributed by atoms with E-state index >= 15 is 0 Å². The number of ether oxygens (including phenoxy) is 1. The highest BCUT2D eigenvalue weighted by Gasteiger charge is 2.25. The van der Waals surface area contributed by atoms with Crippen LogP contribution in [0, 0.1) is 12.7 Å². The molecule has 2 aromatic carbocycles. The van der Waals surface area contributed by atoms with Crippen molar-refractivity contribution in [2.45, 2.75) is 6.92 Å².